The maximum atomic E-state index is 13.6. The van der Waals surface area contributed by atoms with Crippen molar-refractivity contribution in [1.82, 2.24) is 9.55 Å². The highest BCUT2D eigenvalue weighted by Crippen LogP contribution is 2.42. The lowest BCUT2D eigenvalue weighted by molar-refractivity contribution is -0.172. The van der Waals surface area contributed by atoms with Gasteiger partial charge in [0, 0.05) is 22.2 Å². The molecule has 4 aromatic rings. The Morgan fingerprint density at radius 3 is 2.69 bits per heavy atom. The van der Waals surface area contributed by atoms with Crippen molar-refractivity contribution in [3.05, 3.63) is 69.0 Å². The number of ether oxygens (including phenoxy) is 1. The summed E-state index contributed by atoms with van der Waals surface area (Å²) in [6.45, 7) is 6.31. The van der Waals surface area contributed by atoms with E-state index in [1.165, 1.54) is 0 Å². The zero-order valence-corrected chi connectivity index (χ0v) is 20.0. The predicted octanol–water partition coefficient (Wildman–Crippen LogP) is 4.01. The van der Waals surface area contributed by atoms with Gasteiger partial charge < -0.3 is 20.1 Å². The Bertz CT molecular complexity index is 1640. The Balaban J connectivity index is 1.70. The van der Waals surface area contributed by atoms with Crippen LogP contribution in [0, 0.1) is 5.92 Å². The van der Waals surface area contributed by atoms with Gasteiger partial charge in [-0.1, -0.05) is 32.9 Å². The van der Waals surface area contributed by atoms with Crippen molar-refractivity contribution in [3.63, 3.8) is 0 Å². The first-order valence-corrected chi connectivity index (χ1v) is 12.0. The van der Waals surface area contributed by atoms with Crippen LogP contribution in [0.5, 0.6) is 0 Å². The average molecular weight is 470 g/mol. The van der Waals surface area contributed by atoms with E-state index in [-0.39, 0.29) is 18.6 Å². The Labute approximate surface area is 202 Å². The van der Waals surface area contributed by atoms with E-state index >= 15 is 0 Å². The van der Waals surface area contributed by atoms with Gasteiger partial charge in [-0.15, -0.1) is 0 Å². The number of nitrogen functional groups attached to an aromatic ring is 1. The van der Waals surface area contributed by atoms with Crippen LogP contribution in [0.25, 0.3) is 33.1 Å². The molecular weight excluding hydrogens is 442 g/mol. The van der Waals surface area contributed by atoms with Gasteiger partial charge in [0.05, 0.1) is 29.0 Å². The third kappa shape index (κ3) is 2.97. The molecule has 0 unspecified atom stereocenters. The van der Waals surface area contributed by atoms with Crippen LogP contribution >= 0.6 is 0 Å². The summed E-state index contributed by atoms with van der Waals surface area (Å²) in [4.78, 5) is 31.1. The van der Waals surface area contributed by atoms with Crippen LogP contribution in [0.3, 0.4) is 0 Å². The number of rotatable bonds is 3. The average Bonchev–Trinajstić information content (AvgIpc) is 3.20. The molecule has 2 aliphatic rings. The highest BCUT2D eigenvalue weighted by atomic mass is 16.6. The van der Waals surface area contributed by atoms with Crippen molar-refractivity contribution < 1.29 is 14.6 Å². The monoisotopic (exact) mass is 469 g/mol. The highest BCUT2D eigenvalue weighted by molar-refractivity contribution is 6.10. The van der Waals surface area contributed by atoms with Crippen molar-refractivity contribution in [2.24, 2.45) is 5.92 Å². The largest absolute Gasteiger partial charge is 0.458 e. The summed E-state index contributed by atoms with van der Waals surface area (Å²) < 4.78 is 6.90. The second-order valence-corrected chi connectivity index (χ2v) is 10.1. The zero-order chi connectivity index (χ0) is 24.6. The number of cyclic esters (lactones) is 1. The fourth-order valence-corrected chi connectivity index (χ4v) is 5.64. The third-order valence-electron chi connectivity index (χ3n) is 7.42. The number of esters is 1. The van der Waals surface area contributed by atoms with E-state index in [0.717, 1.165) is 44.9 Å². The minimum atomic E-state index is -1.84. The summed E-state index contributed by atoms with van der Waals surface area (Å²) in [5, 5.41) is 14.3. The molecule has 178 valence electrons. The molecule has 3 N–H and O–H groups in total. The number of hydrogen-bond donors (Lipinski definition) is 2. The smallest absolute Gasteiger partial charge is 0.343 e. The Kier molecular flexibility index (Phi) is 4.60. The number of nitrogens with two attached hydrogens (primary N) is 1. The van der Waals surface area contributed by atoms with Gasteiger partial charge in [-0.25, -0.2) is 9.78 Å². The summed E-state index contributed by atoms with van der Waals surface area (Å²) in [5.74, 6) is -0.336. The van der Waals surface area contributed by atoms with Crippen LogP contribution in [0.15, 0.2) is 41.2 Å². The minimum absolute atomic E-state index is 0.117. The summed E-state index contributed by atoms with van der Waals surface area (Å²) in [6, 6.07) is 11.7. The molecule has 4 heterocycles. The van der Waals surface area contributed by atoms with Gasteiger partial charge in [0.15, 0.2) is 5.60 Å². The van der Waals surface area contributed by atoms with Gasteiger partial charge >= 0.3 is 5.97 Å². The van der Waals surface area contributed by atoms with Gasteiger partial charge in [-0.3, -0.25) is 4.79 Å². The van der Waals surface area contributed by atoms with Gasteiger partial charge in [0.25, 0.3) is 5.56 Å². The van der Waals surface area contributed by atoms with Gasteiger partial charge in [0.1, 0.15) is 6.61 Å². The van der Waals surface area contributed by atoms with Crippen LogP contribution in [0.4, 0.5) is 5.69 Å². The van der Waals surface area contributed by atoms with E-state index in [1.807, 2.05) is 30.3 Å². The van der Waals surface area contributed by atoms with E-state index in [0.29, 0.717) is 35.0 Å². The lowest BCUT2D eigenvalue weighted by Crippen LogP contribution is -2.44. The van der Waals surface area contributed by atoms with Crippen molar-refractivity contribution in [2.45, 2.75) is 52.4 Å². The molecule has 6 rings (SSSR count). The first-order chi connectivity index (χ1) is 16.7. The third-order valence-corrected chi connectivity index (χ3v) is 7.42. The second-order valence-electron chi connectivity index (χ2n) is 10.1. The first kappa shape index (κ1) is 21.8. The fraction of sp³-hybridized carbons (Fsp3) is 0.321. The van der Waals surface area contributed by atoms with Crippen LogP contribution in [0.2, 0.25) is 0 Å². The van der Waals surface area contributed by atoms with Gasteiger partial charge in [-0.2, -0.15) is 0 Å². The molecule has 7 nitrogen and oxygen atoms in total. The van der Waals surface area contributed by atoms with E-state index < -0.39 is 11.6 Å². The zero-order valence-electron chi connectivity index (χ0n) is 20.0. The number of carbonyl (C=O) groups excluding carboxylic acids is 1. The number of anilines is 1. The lowest BCUT2D eigenvalue weighted by Gasteiger charge is -2.31. The maximum Gasteiger partial charge on any atom is 0.343 e. The lowest BCUT2D eigenvalue weighted by atomic mass is 9.86. The molecule has 2 aromatic carbocycles. The number of aromatic nitrogens is 2. The van der Waals surface area contributed by atoms with Crippen molar-refractivity contribution in [2.75, 3.05) is 5.73 Å². The first-order valence-electron chi connectivity index (χ1n) is 12.0. The molecule has 35 heavy (non-hydrogen) atoms. The molecule has 2 aliphatic heterocycles. The van der Waals surface area contributed by atoms with Gasteiger partial charge in [-0.05, 0) is 59.4 Å². The van der Waals surface area contributed by atoms with E-state index in [2.05, 4.69) is 13.8 Å². The van der Waals surface area contributed by atoms with Crippen molar-refractivity contribution >= 4 is 33.3 Å². The molecule has 0 aliphatic carbocycles. The van der Waals surface area contributed by atoms with Crippen molar-refractivity contribution in [3.8, 4) is 11.4 Å². The standard InChI is InChI=1S/C28H27N3O4/c1-4-28(34)21-11-23-25-19(12-31(23)26(32)20(21)13-35-27(28)33)18(9-14(2)3)24-17-10-16(29)7-5-15(17)6-8-22(24)30-25/h5-8,10-11,14,34H,4,9,12-13,29H2,1-3H3/t28-/m0/s1. The summed E-state index contributed by atoms with van der Waals surface area (Å²) in [6.07, 6.45) is 0.934. The molecule has 0 amide bonds. The van der Waals surface area contributed by atoms with Crippen LogP contribution in [-0.4, -0.2) is 20.6 Å². The number of benzene rings is 2. The minimum Gasteiger partial charge on any atom is -0.458 e. The molecule has 1 atom stereocenters. The summed E-state index contributed by atoms with van der Waals surface area (Å²) in [5.41, 5.74) is 9.79. The Morgan fingerprint density at radius 1 is 1.17 bits per heavy atom. The predicted molar refractivity (Wildman–Crippen MR) is 135 cm³/mol. The second kappa shape index (κ2) is 7.39. The summed E-state index contributed by atoms with van der Waals surface area (Å²) in [7, 11) is 0. The van der Waals surface area contributed by atoms with Crippen molar-refractivity contribution in [1.29, 1.82) is 0 Å². The molecule has 7 heteroatoms. The molecule has 0 fully saturated rings. The fourth-order valence-electron chi connectivity index (χ4n) is 5.64. The van der Waals surface area contributed by atoms with E-state index in [1.54, 1.807) is 17.6 Å². The van der Waals surface area contributed by atoms with Crippen LogP contribution in [0.1, 0.15) is 49.4 Å². The molecule has 0 spiro atoms. The number of carbonyl (C=O) groups is 1. The SMILES string of the molecule is CC[C@@]1(O)C(=O)OCc2c1cc1n(c2=O)Cc2c-1nc1ccc3ccc(N)cc3c1c2CC(C)C. The quantitative estimate of drug-likeness (QED) is 0.235. The van der Waals surface area contributed by atoms with E-state index in [4.69, 9.17) is 15.5 Å². The van der Waals surface area contributed by atoms with Gasteiger partial charge in [0.2, 0.25) is 0 Å². The number of hydrogen-bond acceptors (Lipinski definition) is 6. The summed E-state index contributed by atoms with van der Waals surface area (Å²) >= 11 is 0. The topological polar surface area (TPSA) is 107 Å². The molecule has 2 aromatic heterocycles. The molecule has 0 saturated heterocycles. The maximum absolute atomic E-state index is 13.6. The highest BCUT2D eigenvalue weighted by Gasteiger charge is 2.45. The van der Waals surface area contributed by atoms with Crippen LogP contribution in [-0.2, 0) is 34.7 Å². The molecule has 0 radical (unpaired) electrons. The molecular formula is C28H27N3O4. The normalized spacial score (nSPS) is 18.6. The van der Waals surface area contributed by atoms with Crippen LogP contribution < -0.4 is 11.3 Å². The number of pyridine rings is 2. The molecule has 0 bridgehead atoms. The van der Waals surface area contributed by atoms with E-state index in [9.17, 15) is 14.7 Å². The Hall–Kier alpha value is -3.71. The number of fused-ring (bicyclic) bond motifs is 7. The molecule has 0 saturated carbocycles. The number of nitrogens with zero attached hydrogens (tertiary/aromatic N) is 2. The number of aliphatic hydroxyl groups is 1. The Morgan fingerprint density at radius 2 is 1.94 bits per heavy atom.